The predicted octanol–water partition coefficient (Wildman–Crippen LogP) is 5.89. The highest BCUT2D eigenvalue weighted by Gasteiger charge is 2.32. The first-order chi connectivity index (χ1) is 15.0. The van der Waals surface area contributed by atoms with Crippen LogP contribution < -0.4 is 9.64 Å². The molecule has 2 aromatic carbocycles. The second kappa shape index (κ2) is 9.16. The molecule has 5 nitrogen and oxygen atoms in total. The highest BCUT2D eigenvalue weighted by atomic mass is 35.5. The number of Topliss-reactive ketones (excluding diaryl/α,β-unsaturated/α-hetero) is 1. The predicted molar refractivity (Wildman–Crippen MR) is 116 cm³/mol. The average molecular weight is 464 g/mol. The molecule has 0 N–H and O–H groups in total. The normalized spacial score (nSPS) is 11.8. The molecule has 1 heterocycles. The van der Waals surface area contributed by atoms with Crippen LogP contribution in [-0.2, 0) is 16.6 Å². The van der Waals surface area contributed by atoms with E-state index in [0.717, 1.165) is 11.3 Å². The number of ether oxygens (including phenoxy) is 1. The summed E-state index contributed by atoms with van der Waals surface area (Å²) in [6, 6.07) is 14.5. The molecule has 0 aliphatic rings. The van der Waals surface area contributed by atoms with Crippen LogP contribution in [-0.4, -0.2) is 29.2 Å². The van der Waals surface area contributed by atoms with E-state index in [1.54, 1.807) is 26.1 Å². The molecule has 0 aliphatic carbocycles. The number of anilines is 2. The number of hydrogen-bond donors (Lipinski definition) is 0. The van der Waals surface area contributed by atoms with Gasteiger partial charge in [0, 0.05) is 30.8 Å². The van der Waals surface area contributed by atoms with Gasteiger partial charge < -0.3 is 9.64 Å². The SMILES string of the molecule is CN(c1ccc(CC(=O)C(C)(C)c2ccc(OC(F)(F)F)cc2)cc1)c1ccnc(Cl)n1. The van der Waals surface area contributed by atoms with Crippen LogP contribution in [0.1, 0.15) is 25.0 Å². The molecule has 0 amide bonds. The van der Waals surface area contributed by atoms with Crippen LogP contribution in [0.4, 0.5) is 24.7 Å². The Morgan fingerprint density at radius 2 is 1.66 bits per heavy atom. The van der Waals surface area contributed by atoms with E-state index < -0.39 is 11.8 Å². The third-order valence-electron chi connectivity index (χ3n) is 5.15. The van der Waals surface area contributed by atoms with E-state index in [0.29, 0.717) is 11.4 Å². The molecule has 0 atom stereocenters. The number of carbonyl (C=O) groups is 1. The van der Waals surface area contributed by atoms with Crippen LogP contribution in [0.25, 0.3) is 0 Å². The summed E-state index contributed by atoms with van der Waals surface area (Å²) < 4.78 is 40.9. The average Bonchev–Trinajstić information content (AvgIpc) is 2.73. The van der Waals surface area contributed by atoms with Gasteiger partial charge in [-0.25, -0.2) is 9.97 Å². The van der Waals surface area contributed by atoms with E-state index in [9.17, 15) is 18.0 Å². The third-order valence-corrected chi connectivity index (χ3v) is 5.33. The van der Waals surface area contributed by atoms with Crippen molar-refractivity contribution in [3.8, 4) is 5.75 Å². The molecular weight excluding hydrogens is 443 g/mol. The lowest BCUT2D eigenvalue weighted by molar-refractivity contribution is -0.274. The second-order valence-corrected chi connectivity index (χ2v) is 8.04. The van der Waals surface area contributed by atoms with Crippen LogP contribution in [0.3, 0.4) is 0 Å². The summed E-state index contributed by atoms with van der Waals surface area (Å²) in [7, 11) is 1.84. The zero-order valence-corrected chi connectivity index (χ0v) is 18.4. The molecule has 9 heteroatoms. The van der Waals surface area contributed by atoms with Crippen LogP contribution in [0.15, 0.2) is 60.8 Å². The standard InChI is InChI=1S/C23H21ClF3N3O2/c1-22(2,16-6-10-18(11-7-16)32-23(25,26)27)19(31)14-15-4-8-17(9-5-15)30(3)20-12-13-28-21(24)29-20/h4-13H,14H2,1-3H3. The van der Waals surface area contributed by atoms with Crippen molar-refractivity contribution in [1.82, 2.24) is 9.97 Å². The maximum absolute atomic E-state index is 13.0. The fraction of sp³-hybridized carbons (Fsp3) is 0.261. The summed E-state index contributed by atoms with van der Waals surface area (Å²) in [5.41, 5.74) is 1.40. The van der Waals surface area contributed by atoms with Gasteiger partial charge in [-0.05, 0) is 66.9 Å². The number of benzene rings is 2. The van der Waals surface area contributed by atoms with Gasteiger partial charge in [-0.15, -0.1) is 13.2 Å². The molecule has 0 spiro atoms. The summed E-state index contributed by atoms with van der Waals surface area (Å²) in [5.74, 6) is 0.243. The molecule has 0 radical (unpaired) electrons. The third kappa shape index (κ3) is 5.76. The number of ketones is 1. The topological polar surface area (TPSA) is 55.3 Å². The van der Waals surface area contributed by atoms with E-state index in [2.05, 4.69) is 14.7 Å². The lowest BCUT2D eigenvalue weighted by Crippen LogP contribution is -2.30. The van der Waals surface area contributed by atoms with Gasteiger partial charge in [-0.2, -0.15) is 0 Å². The Labute approximate surface area is 188 Å². The second-order valence-electron chi connectivity index (χ2n) is 7.71. The molecule has 32 heavy (non-hydrogen) atoms. The van der Waals surface area contributed by atoms with Gasteiger partial charge in [0.15, 0.2) is 0 Å². The molecule has 0 saturated carbocycles. The van der Waals surface area contributed by atoms with E-state index in [4.69, 9.17) is 11.6 Å². The molecule has 0 fully saturated rings. The lowest BCUT2D eigenvalue weighted by atomic mass is 9.78. The van der Waals surface area contributed by atoms with Crippen molar-refractivity contribution in [2.45, 2.75) is 32.0 Å². The van der Waals surface area contributed by atoms with Gasteiger partial charge in [-0.1, -0.05) is 24.3 Å². The first kappa shape index (κ1) is 23.5. The first-order valence-corrected chi connectivity index (χ1v) is 10.0. The Kier molecular flexibility index (Phi) is 6.74. The van der Waals surface area contributed by atoms with Crippen molar-refractivity contribution < 1.29 is 22.7 Å². The molecular formula is C23H21ClF3N3O2. The number of aromatic nitrogens is 2. The van der Waals surface area contributed by atoms with Crippen molar-refractivity contribution in [3.05, 3.63) is 77.2 Å². The maximum Gasteiger partial charge on any atom is 0.573 e. The molecule has 168 valence electrons. The van der Waals surface area contributed by atoms with Gasteiger partial charge in [0.1, 0.15) is 17.4 Å². The summed E-state index contributed by atoms with van der Waals surface area (Å²) in [5, 5.41) is 0.150. The van der Waals surface area contributed by atoms with Gasteiger partial charge >= 0.3 is 6.36 Å². The van der Waals surface area contributed by atoms with E-state index in [1.807, 2.05) is 36.2 Å². The summed E-state index contributed by atoms with van der Waals surface area (Å²) in [6.07, 6.45) is -3.01. The molecule has 1 aromatic heterocycles. The number of alkyl halides is 3. The maximum atomic E-state index is 13.0. The molecule has 0 saturated heterocycles. The number of halogens is 4. The van der Waals surface area contributed by atoms with Gasteiger partial charge in [0.2, 0.25) is 5.28 Å². The Morgan fingerprint density at radius 3 is 2.22 bits per heavy atom. The van der Waals surface area contributed by atoms with Crippen LogP contribution >= 0.6 is 11.6 Å². The summed E-state index contributed by atoms with van der Waals surface area (Å²) in [4.78, 5) is 22.8. The van der Waals surface area contributed by atoms with Gasteiger partial charge in [0.05, 0.1) is 0 Å². The fourth-order valence-corrected chi connectivity index (χ4v) is 3.27. The zero-order valence-electron chi connectivity index (χ0n) is 17.7. The lowest BCUT2D eigenvalue weighted by Gasteiger charge is -2.24. The first-order valence-electron chi connectivity index (χ1n) is 9.66. The van der Waals surface area contributed by atoms with Gasteiger partial charge in [-0.3, -0.25) is 4.79 Å². The van der Waals surface area contributed by atoms with Crippen LogP contribution in [0.5, 0.6) is 5.75 Å². The molecule has 3 aromatic rings. The quantitative estimate of drug-likeness (QED) is 0.409. The minimum atomic E-state index is -4.76. The Hall–Kier alpha value is -3.13. The van der Waals surface area contributed by atoms with Crippen molar-refractivity contribution in [2.24, 2.45) is 0 Å². The largest absolute Gasteiger partial charge is 0.573 e. The molecule has 3 rings (SSSR count). The Bertz CT molecular complexity index is 1080. The van der Waals surface area contributed by atoms with Crippen LogP contribution in [0, 0.1) is 0 Å². The van der Waals surface area contributed by atoms with Crippen molar-refractivity contribution in [1.29, 1.82) is 0 Å². The number of rotatable bonds is 7. The minimum absolute atomic E-state index is 0.0642. The summed E-state index contributed by atoms with van der Waals surface area (Å²) in [6.45, 7) is 3.49. The number of carbonyl (C=O) groups excluding carboxylic acids is 1. The molecule has 0 unspecified atom stereocenters. The number of hydrogen-bond acceptors (Lipinski definition) is 5. The van der Waals surface area contributed by atoms with E-state index in [-0.39, 0.29) is 23.2 Å². The van der Waals surface area contributed by atoms with E-state index in [1.165, 1.54) is 24.3 Å². The molecule has 0 aliphatic heterocycles. The Morgan fingerprint density at radius 1 is 1.03 bits per heavy atom. The highest BCUT2D eigenvalue weighted by molar-refractivity contribution is 6.28. The van der Waals surface area contributed by atoms with Crippen molar-refractivity contribution in [2.75, 3.05) is 11.9 Å². The minimum Gasteiger partial charge on any atom is -0.406 e. The van der Waals surface area contributed by atoms with Crippen molar-refractivity contribution >= 4 is 28.9 Å². The Balaban J connectivity index is 1.69. The molecule has 0 bridgehead atoms. The fourth-order valence-electron chi connectivity index (χ4n) is 3.12. The zero-order chi connectivity index (χ0) is 23.5. The van der Waals surface area contributed by atoms with Crippen LogP contribution in [0.2, 0.25) is 5.28 Å². The monoisotopic (exact) mass is 463 g/mol. The van der Waals surface area contributed by atoms with E-state index >= 15 is 0 Å². The summed E-state index contributed by atoms with van der Waals surface area (Å²) >= 11 is 5.85. The number of nitrogens with zero attached hydrogens (tertiary/aromatic N) is 3. The smallest absolute Gasteiger partial charge is 0.406 e. The van der Waals surface area contributed by atoms with Gasteiger partial charge in [0.25, 0.3) is 0 Å². The van der Waals surface area contributed by atoms with Crippen molar-refractivity contribution in [3.63, 3.8) is 0 Å². The highest BCUT2D eigenvalue weighted by Crippen LogP contribution is 2.30.